The van der Waals surface area contributed by atoms with Gasteiger partial charge >= 0.3 is 0 Å². The van der Waals surface area contributed by atoms with Crippen molar-refractivity contribution >= 4 is 17.3 Å². The molecule has 0 unspecified atom stereocenters. The third kappa shape index (κ3) is 2.60. The van der Waals surface area contributed by atoms with E-state index in [1.54, 1.807) is 16.9 Å². The van der Waals surface area contributed by atoms with Crippen LogP contribution in [0.25, 0.3) is 17.1 Å². The molecule has 2 heterocycles. The summed E-state index contributed by atoms with van der Waals surface area (Å²) in [4.78, 5) is 3.99. The molecule has 0 atom stereocenters. The Hall–Kier alpha value is -2.40. The van der Waals surface area contributed by atoms with Crippen molar-refractivity contribution in [3.05, 3.63) is 59.1 Å². The van der Waals surface area contributed by atoms with E-state index in [-0.39, 0.29) is 0 Å². The van der Waals surface area contributed by atoms with E-state index in [2.05, 4.69) is 10.1 Å². The first-order valence-electron chi connectivity index (χ1n) is 6.28. The largest absolute Gasteiger partial charge is 0.396 e. The number of rotatable bonds is 2. The van der Waals surface area contributed by atoms with Crippen molar-refractivity contribution in [3.63, 3.8) is 0 Å². The maximum atomic E-state index is 12.9. The molecule has 3 rings (SSSR count). The summed E-state index contributed by atoms with van der Waals surface area (Å²) >= 11 is 6.12. The second-order valence-corrected chi connectivity index (χ2v) is 5.08. The lowest BCUT2D eigenvalue weighted by atomic mass is 10.2. The third-order valence-electron chi connectivity index (χ3n) is 3.13. The Balaban J connectivity index is 2.04. The average molecular weight is 303 g/mol. The highest BCUT2D eigenvalue weighted by Gasteiger charge is 2.11. The highest BCUT2D eigenvalue weighted by Crippen LogP contribution is 2.25. The van der Waals surface area contributed by atoms with Crippen molar-refractivity contribution in [1.82, 2.24) is 14.8 Å². The molecule has 0 aliphatic rings. The van der Waals surface area contributed by atoms with E-state index in [1.807, 2.05) is 25.1 Å². The number of hydrogen-bond donors (Lipinski definition) is 1. The summed E-state index contributed by atoms with van der Waals surface area (Å²) in [6.07, 6.45) is 2.82. The van der Waals surface area contributed by atoms with Gasteiger partial charge in [-0.15, -0.1) is 0 Å². The van der Waals surface area contributed by atoms with Gasteiger partial charge in [-0.2, -0.15) is 5.10 Å². The van der Waals surface area contributed by atoms with Gasteiger partial charge < -0.3 is 5.73 Å². The lowest BCUT2D eigenvalue weighted by Gasteiger charge is -2.03. The number of pyridine rings is 1. The first kappa shape index (κ1) is 13.6. The molecule has 2 aromatic heterocycles. The molecule has 21 heavy (non-hydrogen) atoms. The van der Waals surface area contributed by atoms with E-state index in [1.165, 1.54) is 6.07 Å². The van der Waals surface area contributed by atoms with E-state index >= 15 is 0 Å². The fourth-order valence-electron chi connectivity index (χ4n) is 1.96. The maximum Gasteiger partial charge on any atom is 0.141 e. The van der Waals surface area contributed by atoms with Crippen LogP contribution in [0.15, 0.2) is 42.7 Å². The normalized spacial score (nSPS) is 10.8. The highest BCUT2D eigenvalue weighted by molar-refractivity contribution is 6.31. The average Bonchev–Trinajstić information content (AvgIpc) is 2.85. The van der Waals surface area contributed by atoms with Crippen molar-refractivity contribution in [3.8, 4) is 17.1 Å². The Bertz CT molecular complexity index is 796. The maximum absolute atomic E-state index is 12.9. The molecule has 6 heteroatoms. The Morgan fingerprint density at radius 3 is 2.71 bits per heavy atom. The minimum atomic E-state index is -0.401. The van der Waals surface area contributed by atoms with Gasteiger partial charge in [0.2, 0.25) is 0 Å². The zero-order chi connectivity index (χ0) is 15.0. The van der Waals surface area contributed by atoms with E-state index < -0.39 is 5.82 Å². The molecule has 0 aliphatic carbocycles. The third-order valence-corrected chi connectivity index (χ3v) is 3.54. The van der Waals surface area contributed by atoms with Crippen molar-refractivity contribution in [2.45, 2.75) is 6.92 Å². The first-order valence-corrected chi connectivity index (χ1v) is 6.66. The summed E-state index contributed by atoms with van der Waals surface area (Å²) in [5, 5.41) is 5.05. The number of nitrogens with zero attached hydrogens (tertiary/aromatic N) is 3. The molecule has 2 N–H and O–H groups in total. The van der Waals surface area contributed by atoms with Crippen molar-refractivity contribution in [1.29, 1.82) is 0 Å². The summed E-state index contributed by atoms with van der Waals surface area (Å²) in [6.45, 7) is 1.93. The van der Waals surface area contributed by atoms with E-state index in [0.29, 0.717) is 22.1 Å². The predicted molar refractivity (Wildman–Crippen MR) is 80.9 cm³/mol. The number of benzene rings is 1. The van der Waals surface area contributed by atoms with Crippen LogP contribution in [0.4, 0.5) is 10.1 Å². The molecular weight excluding hydrogens is 291 g/mol. The number of anilines is 1. The van der Waals surface area contributed by atoms with Crippen LogP contribution in [0.1, 0.15) is 5.56 Å². The van der Waals surface area contributed by atoms with Gasteiger partial charge in [-0.25, -0.2) is 9.07 Å². The lowest BCUT2D eigenvalue weighted by Crippen LogP contribution is -1.96. The summed E-state index contributed by atoms with van der Waals surface area (Å²) in [5.41, 5.74) is 9.24. The molecule has 106 valence electrons. The van der Waals surface area contributed by atoms with Crippen molar-refractivity contribution < 1.29 is 4.39 Å². The molecule has 0 spiro atoms. The fraction of sp³-hybridized carbons (Fsp3) is 0.0667. The number of nitrogens with two attached hydrogens (primary N) is 1. The van der Waals surface area contributed by atoms with Crippen molar-refractivity contribution in [2.24, 2.45) is 0 Å². The molecule has 3 aromatic rings. The molecule has 0 saturated carbocycles. The summed E-state index contributed by atoms with van der Waals surface area (Å²) in [5.74, 6) is -0.401. The minimum absolute atomic E-state index is 0.401. The van der Waals surface area contributed by atoms with Gasteiger partial charge in [0.15, 0.2) is 0 Å². The monoisotopic (exact) mass is 302 g/mol. The first-order chi connectivity index (χ1) is 10.0. The van der Waals surface area contributed by atoms with Crippen LogP contribution in [-0.4, -0.2) is 14.8 Å². The van der Waals surface area contributed by atoms with Gasteiger partial charge in [0.05, 0.1) is 29.5 Å². The molecule has 0 amide bonds. The zero-order valence-electron chi connectivity index (χ0n) is 11.2. The summed E-state index contributed by atoms with van der Waals surface area (Å²) < 4.78 is 14.5. The molecule has 0 fully saturated rings. The van der Waals surface area contributed by atoms with Crippen LogP contribution in [0.5, 0.6) is 0 Å². The fourth-order valence-corrected chi connectivity index (χ4v) is 2.13. The van der Waals surface area contributed by atoms with Crippen LogP contribution >= 0.6 is 11.6 Å². The summed E-state index contributed by atoms with van der Waals surface area (Å²) in [6, 6.07) is 8.48. The van der Waals surface area contributed by atoms with Crippen LogP contribution < -0.4 is 5.73 Å². The predicted octanol–water partition coefficient (Wildman–Crippen LogP) is 3.62. The quantitative estimate of drug-likeness (QED) is 0.786. The van der Waals surface area contributed by atoms with Gasteiger partial charge in [0, 0.05) is 5.02 Å². The molecule has 4 nitrogen and oxygen atoms in total. The van der Waals surface area contributed by atoms with Crippen LogP contribution in [-0.2, 0) is 0 Å². The van der Waals surface area contributed by atoms with Gasteiger partial charge in [-0.05, 0) is 36.8 Å². The van der Waals surface area contributed by atoms with Crippen LogP contribution in [0.2, 0.25) is 5.02 Å². The molecule has 0 aliphatic heterocycles. The number of halogens is 2. The standard InChI is InChI=1S/C15H12ClFN4/c1-9-2-4-11(6-12(9)16)21-8-13(18)15(20-21)14-5-3-10(17)7-19-14/h2-8H,18H2,1H3. The van der Waals surface area contributed by atoms with E-state index in [9.17, 15) is 4.39 Å². The molecule has 1 aromatic carbocycles. The summed E-state index contributed by atoms with van der Waals surface area (Å²) in [7, 11) is 0. The molecule has 0 radical (unpaired) electrons. The van der Waals surface area contributed by atoms with Gasteiger partial charge in [-0.3, -0.25) is 4.98 Å². The second-order valence-electron chi connectivity index (χ2n) is 4.67. The highest BCUT2D eigenvalue weighted by atomic mass is 35.5. The van der Waals surface area contributed by atoms with Gasteiger partial charge in [-0.1, -0.05) is 17.7 Å². The van der Waals surface area contributed by atoms with Gasteiger partial charge in [0.25, 0.3) is 0 Å². The van der Waals surface area contributed by atoms with Crippen LogP contribution in [0, 0.1) is 12.7 Å². The SMILES string of the molecule is Cc1ccc(-n2cc(N)c(-c3ccc(F)cn3)n2)cc1Cl. The van der Waals surface area contributed by atoms with Crippen molar-refractivity contribution in [2.75, 3.05) is 5.73 Å². The Morgan fingerprint density at radius 2 is 2.05 bits per heavy atom. The Labute approximate surface area is 126 Å². The Kier molecular flexibility index (Phi) is 3.35. The molecule has 0 bridgehead atoms. The number of nitrogen functional groups attached to an aromatic ring is 1. The molecular formula is C15H12ClFN4. The number of aromatic nitrogens is 3. The zero-order valence-corrected chi connectivity index (χ0v) is 12.0. The minimum Gasteiger partial charge on any atom is -0.396 e. The number of aryl methyl sites for hydroxylation is 1. The topological polar surface area (TPSA) is 56.7 Å². The van der Waals surface area contributed by atoms with Gasteiger partial charge in [0.1, 0.15) is 11.5 Å². The van der Waals surface area contributed by atoms with E-state index in [0.717, 1.165) is 17.4 Å². The van der Waals surface area contributed by atoms with E-state index in [4.69, 9.17) is 17.3 Å². The molecule has 0 saturated heterocycles. The second kappa shape index (κ2) is 5.18. The van der Waals surface area contributed by atoms with Crippen LogP contribution in [0.3, 0.4) is 0 Å². The number of hydrogen-bond acceptors (Lipinski definition) is 3. The smallest absolute Gasteiger partial charge is 0.141 e. The Morgan fingerprint density at radius 1 is 1.24 bits per heavy atom. The lowest BCUT2D eigenvalue weighted by molar-refractivity contribution is 0.621.